The number of rotatable bonds is 8. The predicted octanol–water partition coefficient (Wildman–Crippen LogP) is 4.00. The van der Waals surface area contributed by atoms with Gasteiger partial charge in [0.05, 0.1) is 18.7 Å². The molecular formula is C21H28ClNO5. The van der Waals surface area contributed by atoms with Crippen molar-refractivity contribution in [3.8, 4) is 11.5 Å². The van der Waals surface area contributed by atoms with Crippen LogP contribution in [0.2, 0.25) is 5.02 Å². The molecule has 1 aromatic carbocycles. The van der Waals surface area contributed by atoms with Crippen LogP contribution in [-0.2, 0) is 14.3 Å². The molecule has 0 spiro atoms. The maximum atomic E-state index is 12.0. The van der Waals surface area contributed by atoms with Crippen LogP contribution in [0.1, 0.15) is 45.1 Å². The quantitative estimate of drug-likeness (QED) is 0.519. The molecule has 6 nitrogen and oxygen atoms in total. The predicted molar refractivity (Wildman–Crippen MR) is 109 cm³/mol. The number of amides is 1. The van der Waals surface area contributed by atoms with E-state index in [1.54, 1.807) is 18.2 Å². The number of carbonyl (C=O) groups is 2. The van der Waals surface area contributed by atoms with E-state index in [2.05, 4.69) is 12.2 Å². The summed E-state index contributed by atoms with van der Waals surface area (Å²) in [6.45, 7) is 4.15. The zero-order chi connectivity index (χ0) is 20.5. The molecule has 2 rings (SSSR count). The first-order chi connectivity index (χ1) is 13.4. The van der Waals surface area contributed by atoms with Gasteiger partial charge >= 0.3 is 5.97 Å². The summed E-state index contributed by atoms with van der Waals surface area (Å²) in [7, 11) is 1.51. The van der Waals surface area contributed by atoms with E-state index >= 15 is 0 Å². The lowest BCUT2D eigenvalue weighted by atomic mass is 9.86. The van der Waals surface area contributed by atoms with Crippen molar-refractivity contribution in [2.75, 3.05) is 20.3 Å². The summed E-state index contributed by atoms with van der Waals surface area (Å²) in [6, 6.07) is 3.54. The van der Waals surface area contributed by atoms with Gasteiger partial charge in [0.2, 0.25) is 0 Å². The molecule has 0 radical (unpaired) electrons. The van der Waals surface area contributed by atoms with Gasteiger partial charge in [0, 0.05) is 12.1 Å². The summed E-state index contributed by atoms with van der Waals surface area (Å²) < 4.78 is 15.8. The van der Waals surface area contributed by atoms with Crippen LogP contribution in [0.4, 0.5) is 0 Å². The van der Waals surface area contributed by atoms with Crippen LogP contribution in [0.5, 0.6) is 11.5 Å². The van der Waals surface area contributed by atoms with Crippen molar-refractivity contribution < 1.29 is 23.8 Å². The largest absolute Gasteiger partial charge is 0.491 e. The van der Waals surface area contributed by atoms with Crippen LogP contribution in [-0.4, -0.2) is 38.2 Å². The Kier molecular flexibility index (Phi) is 8.64. The fourth-order valence-electron chi connectivity index (χ4n) is 3.27. The standard InChI is InChI=1S/C21H28ClNO5/c1-4-27-18-12-15(11-16(22)21(18)26-3)9-10-20(25)28-13-19(24)23-17-8-6-5-7-14(17)2/h9-12,14,17H,4-8,13H2,1-3H3,(H,23,24)/b10-9+/t14-,17+/m1/s1. The molecular weight excluding hydrogens is 382 g/mol. The highest BCUT2D eigenvalue weighted by Gasteiger charge is 2.23. The zero-order valence-electron chi connectivity index (χ0n) is 16.6. The van der Waals surface area contributed by atoms with E-state index in [0.717, 1.165) is 19.3 Å². The third-order valence-electron chi connectivity index (χ3n) is 4.75. The van der Waals surface area contributed by atoms with E-state index in [1.807, 2.05) is 6.92 Å². The Morgan fingerprint density at radius 2 is 2.04 bits per heavy atom. The highest BCUT2D eigenvalue weighted by molar-refractivity contribution is 6.32. The Bertz CT molecular complexity index is 719. The van der Waals surface area contributed by atoms with E-state index in [0.29, 0.717) is 34.6 Å². The van der Waals surface area contributed by atoms with Crippen LogP contribution < -0.4 is 14.8 Å². The monoisotopic (exact) mass is 409 g/mol. The molecule has 28 heavy (non-hydrogen) atoms. The highest BCUT2D eigenvalue weighted by atomic mass is 35.5. The minimum absolute atomic E-state index is 0.161. The number of methoxy groups -OCH3 is 1. The Labute approximate surface area is 171 Å². The lowest BCUT2D eigenvalue weighted by Gasteiger charge is -2.29. The van der Waals surface area contributed by atoms with Crippen molar-refractivity contribution in [1.29, 1.82) is 0 Å². The molecule has 0 unspecified atom stereocenters. The van der Waals surface area contributed by atoms with Crippen molar-refractivity contribution >= 4 is 29.6 Å². The molecule has 1 fully saturated rings. The van der Waals surface area contributed by atoms with Gasteiger partial charge in [-0.15, -0.1) is 0 Å². The summed E-state index contributed by atoms with van der Waals surface area (Å²) in [4.78, 5) is 23.9. The molecule has 1 amide bonds. The SMILES string of the molecule is CCOc1cc(/C=C/C(=O)OCC(=O)N[C@H]2CCCC[C@H]2C)cc(Cl)c1OC. The third-order valence-corrected chi connectivity index (χ3v) is 5.03. The number of esters is 1. The fourth-order valence-corrected chi connectivity index (χ4v) is 3.57. The minimum atomic E-state index is -0.600. The Morgan fingerprint density at radius 3 is 2.71 bits per heavy atom. The smallest absolute Gasteiger partial charge is 0.331 e. The van der Waals surface area contributed by atoms with Crippen LogP contribution in [0.3, 0.4) is 0 Å². The number of benzene rings is 1. The molecule has 0 aliphatic heterocycles. The molecule has 1 aromatic rings. The number of carbonyl (C=O) groups excluding carboxylic acids is 2. The molecule has 7 heteroatoms. The van der Waals surface area contributed by atoms with E-state index < -0.39 is 5.97 Å². The molecule has 2 atom stereocenters. The Hall–Kier alpha value is -2.21. The van der Waals surface area contributed by atoms with Crippen LogP contribution in [0.15, 0.2) is 18.2 Å². The van der Waals surface area contributed by atoms with Crippen molar-refractivity contribution in [2.24, 2.45) is 5.92 Å². The maximum absolute atomic E-state index is 12.0. The number of ether oxygens (including phenoxy) is 3. The van der Waals surface area contributed by atoms with Crippen molar-refractivity contribution in [1.82, 2.24) is 5.32 Å². The molecule has 1 aliphatic rings. The number of nitrogens with one attached hydrogen (secondary N) is 1. The van der Waals surface area contributed by atoms with Gasteiger partial charge in [0.15, 0.2) is 18.1 Å². The lowest BCUT2D eigenvalue weighted by Crippen LogP contribution is -2.42. The average molecular weight is 410 g/mol. The second-order valence-electron chi connectivity index (χ2n) is 6.84. The van der Waals surface area contributed by atoms with Crippen LogP contribution in [0.25, 0.3) is 6.08 Å². The normalized spacial score (nSPS) is 19.3. The minimum Gasteiger partial charge on any atom is -0.491 e. The van der Waals surface area contributed by atoms with Gasteiger partial charge in [-0.25, -0.2) is 4.79 Å². The molecule has 154 valence electrons. The van der Waals surface area contributed by atoms with E-state index in [-0.39, 0.29) is 18.6 Å². The van der Waals surface area contributed by atoms with Crippen molar-refractivity contribution in [3.63, 3.8) is 0 Å². The maximum Gasteiger partial charge on any atom is 0.331 e. The van der Waals surface area contributed by atoms with Gasteiger partial charge in [-0.1, -0.05) is 31.4 Å². The number of halogens is 1. The second kappa shape index (κ2) is 11.0. The molecule has 1 aliphatic carbocycles. The number of hydrogen-bond acceptors (Lipinski definition) is 5. The molecule has 1 N–H and O–H groups in total. The van der Waals surface area contributed by atoms with E-state index in [9.17, 15) is 9.59 Å². The first kappa shape index (κ1) is 22.1. The summed E-state index contributed by atoms with van der Waals surface area (Å²) in [5.74, 6) is 0.513. The fraction of sp³-hybridized carbons (Fsp3) is 0.524. The van der Waals surface area contributed by atoms with Gasteiger partial charge in [-0.3, -0.25) is 4.79 Å². The molecule has 0 bridgehead atoms. The zero-order valence-corrected chi connectivity index (χ0v) is 17.4. The van der Waals surface area contributed by atoms with Gasteiger partial charge in [0.25, 0.3) is 5.91 Å². The Morgan fingerprint density at radius 1 is 1.29 bits per heavy atom. The topological polar surface area (TPSA) is 73.9 Å². The summed E-state index contributed by atoms with van der Waals surface area (Å²) in [6.07, 6.45) is 7.21. The highest BCUT2D eigenvalue weighted by Crippen LogP contribution is 2.36. The molecule has 0 saturated heterocycles. The van der Waals surface area contributed by atoms with Gasteiger partial charge in [-0.05, 0) is 49.5 Å². The first-order valence-corrected chi connectivity index (χ1v) is 9.97. The molecule has 1 saturated carbocycles. The lowest BCUT2D eigenvalue weighted by molar-refractivity contribution is -0.144. The average Bonchev–Trinajstić information content (AvgIpc) is 2.67. The third kappa shape index (κ3) is 6.44. The second-order valence-corrected chi connectivity index (χ2v) is 7.25. The number of hydrogen-bond donors (Lipinski definition) is 1. The van der Waals surface area contributed by atoms with Crippen molar-refractivity contribution in [3.05, 3.63) is 28.8 Å². The summed E-state index contributed by atoms with van der Waals surface area (Å²) in [5.41, 5.74) is 0.659. The van der Waals surface area contributed by atoms with Crippen molar-refractivity contribution in [2.45, 2.75) is 45.6 Å². The molecule has 0 aromatic heterocycles. The summed E-state index contributed by atoms with van der Waals surface area (Å²) >= 11 is 6.18. The Balaban J connectivity index is 1.88. The first-order valence-electron chi connectivity index (χ1n) is 9.59. The van der Waals surface area contributed by atoms with E-state index in [1.165, 1.54) is 19.6 Å². The van der Waals surface area contributed by atoms with Crippen LogP contribution >= 0.6 is 11.6 Å². The molecule has 0 heterocycles. The summed E-state index contributed by atoms with van der Waals surface area (Å²) in [5, 5.41) is 3.33. The van der Waals surface area contributed by atoms with E-state index in [4.69, 9.17) is 25.8 Å². The van der Waals surface area contributed by atoms with Gasteiger partial charge in [0.1, 0.15) is 0 Å². The van der Waals surface area contributed by atoms with Crippen LogP contribution in [0, 0.1) is 5.92 Å². The van der Waals surface area contributed by atoms with Gasteiger partial charge < -0.3 is 19.5 Å². The van der Waals surface area contributed by atoms with Gasteiger partial charge in [-0.2, -0.15) is 0 Å².